The topological polar surface area (TPSA) is 20.3 Å². The summed E-state index contributed by atoms with van der Waals surface area (Å²) in [6, 6.07) is 0. The smallest absolute Gasteiger partial charge is 0.156 e. The number of hydrogen-bond acceptors (Lipinski definition) is 2. The largest absolute Gasteiger partial charge is 0.297 e. The third kappa shape index (κ3) is 2.95. The van der Waals surface area contributed by atoms with Gasteiger partial charge in [0.15, 0.2) is 5.78 Å². The lowest BCUT2D eigenvalue weighted by molar-refractivity contribution is -0.137. The van der Waals surface area contributed by atoms with Gasteiger partial charge in [-0.2, -0.15) is 0 Å². The van der Waals surface area contributed by atoms with Crippen molar-refractivity contribution in [3.63, 3.8) is 0 Å². The highest BCUT2D eigenvalue weighted by Crippen LogP contribution is 2.39. The number of likely N-dealkylation sites (tertiary alicyclic amines) is 1. The zero-order valence-electron chi connectivity index (χ0n) is 14.0. The lowest BCUT2D eigenvalue weighted by atomic mass is 9.69. The number of Topliss-reactive ketones (excluding diaryl/α,β-unsaturated/α-hetero) is 1. The van der Waals surface area contributed by atoms with Crippen molar-refractivity contribution in [3.8, 4) is 0 Å². The van der Waals surface area contributed by atoms with Gasteiger partial charge in [0.2, 0.25) is 0 Å². The molecular weight excluding hydrogens is 246 g/mol. The molecule has 0 aromatic rings. The second-order valence-corrected chi connectivity index (χ2v) is 7.41. The van der Waals surface area contributed by atoms with Crippen LogP contribution in [-0.2, 0) is 4.79 Å². The summed E-state index contributed by atoms with van der Waals surface area (Å²) in [5, 5.41) is 0. The summed E-state index contributed by atoms with van der Waals surface area (Å²) in [6.45, 7) is 11.3. The maximum atomic E-state index is 13.3. The Labute approximate surface area is 125 Å². The zero-order valence-corrected chi connectivity index (χ0v) is 14.0. The lowest BCUT2D eigenvalue weighted by Crippen LogP contribution is -2.55. The van der Waals surface area contributed by atoms with E-state index in [2.05, 4.69) is 32.6 Å². The Balaban J connectivity index is 2.17. The number of nitrogens with zero attached hydrogens (tertiary/aromatic N) is 1. The van der Waals surface area contributed by atoms with Crippen molar-refractivity contribution in [2.24, 2.45) is 17.8 Å². The fourth-order valence-corrected chi connectivity index (χ4v) is 4.89. The van der Waals surface area contributed by atoms with E-state index in [9.17, 15) is 4.79 Å². The number of hydrogen-bond donors (Lipinski definition) is 0. The van der Waals surface area contributed by atoms with Gasteiger partial charge in [0.25, 0.3) is 0 Å². The SMILES string of the molecule is CCC(CC)(C(=O)C1CC(C)CC(C)C1)N1CCCC1. The molecule has 1 saturated carbocycles. The molecule has 1 aliphatic heterocycles. The van der Waals surface area contributed by atoms with Gasteiger partial charge in [0.05, 0.1) is 5.54 Å². The molecule has 20 heavy (non-hydrogen) atoms. The lowest BCUT2D eigenvalue weighted by Gasteiger charge is -2.43. The van der Waals surface area contributed by atoms with Crippen LogP contribution in [0.2, 0.25) is 0 Å². The maximum absolute atomic E-state index is 13.3. The molecule has 1 heterocycles. The van der Waals surface area contributed by atoms with Crippen LogP contribution < -0.4 is 0 Å². The van der Waals surface area contributed by atoms with E-state index < -0.39 is 0 Å². The highest BCUT2D eigenvalue weighted by Gasteiger charge is 2.45. The average Bonchev–Trinajstić information content (AvgIpc) is 2.94. The quantitative estimate of drug-likeness (QED) is 0.748. The molecule has 2 aliphatic rings. The number of ketones is 1. The van der Waals surface area contributed by atoms with Crippen molar-refractivity contribution in [2.45, 2.75) is 78.2 Å². The summed E-state index contributed by atoms with van der Waals surface area (Å²) < 4.78 is 0. The van der Waals surface area contributed by atoms with Crippen molar-refractivity contribution in [3.05, 3.63) is 0 Å². The van der Waals surface area contributed by atoms with E-state index in [1.54, 1.807) is 0 Å². The van der Waals surface area contributed by atoms with E-state index in [4.69, 9.17) is 0 Å². The third-order valence-electron chi connectivity index (χ3n) is 5.89. The van der Waals surface area contributed by atoms with E-state index >= 15 is 0 Å². The Kier molecular flexibility index (Phi) is 5.28. The van der Waals surface area contributed by atoms with Crippen molar-refractivity contribution in [2.75, 3.05) is 13.1 Å². The van der Waals surface area contributed by atoms with Crippen LogP contribution in [0, 0.1) is 17.8 Å². The van der Waals surface area contributed by atoms with Gasteiger partial charge < -0.3 is 0 Å². The van der Waals surface area contributed by atoms with Gasteiger partial charge in [-0.25, -0.2) is 0 Å². The zero-order chi connectivity index (χ0) is 14.8. The maximum Gasteiger partial charge on any atom is 0.156 e. The van der Waals surface area contributed by atoms with Crippen molar-refractivity contribution < 1.29 is 4.79 Å². The molecule has 1 saturated heterocycles. The predicted molar refractivity (Wildman–Crippen MR) is 84.8 cm³/mol. The third-order valence-corrected chi connectivity index (χ3v) is 5.89. The molecular formula is C18H33NO. The van der Waals surface area contributed by atoms with Gasteiger partial charge in [0, 0.05) is 5.92 Å². The van der Waals surface area contributed by atoms with Crippen LogP contribution in [0.1, 0.15) is 72.6 Å². The van der Waals surface area contributed by atoms with Crippen LogP contribution in [0.15, 0.2) is 0 Å². The van der Waals surface area contributed by atoms with E-state index in [0.29, 0.717) is 11.7 Å². The molecule has 0 N–H and O–H groups in total. The highest BCUT2D eigenvalue weighted by molar-refractivity contribution is 5.90. The minimum Gasteiger partial charge on any atom is -0.297 e. The fraction of sp³-hybridized carbons (Fsp3) is 0.944. The van der Waals surface area contributed by atoms with Crippen molar-refractivity contribution >= 4 is 5.78 Å². The predicted octanol–water partition coefficient (Wildman–Crippen LogP) is 4.28. The molecule has 0 aromatic heterocycles. The molecule has 2 atom stereocenters. The summed E-state index contributed by atoms with van der Waals surface area (Å²) in [5.41, 5.74) is -0.155. The van der Waals surface area contributed by atoms with Crippen LogP contribution >= 0.6 is 0 Å². The first-order valence-electron chi connectivity index (χ1n) is 8.82. The first-order chi connectivity index (χ1) is 9.53. The Bertz CT molecular complexity index is 318. The molecule has 2 rings (SSSR count). The van der Waals surface area contributed by atoms with Crippen LogP contribution in [-0.4, -0.2) is 29.3 Å². The molecule has 1 aliphatic carbocycles. The summed E-state index contributed by atoms with van der Waals surface area (Å²) in [4.78, 5) is 15.8. The second kappa shape index (κ2) is 6.60. The van der Waals surface area contributed by atoms with Gasteiger partial charge in [-0.1, -0.05) is 27.7 Å². The van der Waals surface area contributed by atoms with Crippen LogP contribution in [0.5, 0.6) is 0 Å². The Hall–Kier alpha value is -0.370. The van der Waals surface area contributed by atoms with Crippen molar-refractivity contribution in [1.29, 1.82) is 0 Å². The normalized spacial score (nSPS) is 32.5. The molecule has 2 unspecified atom stereocenters. The monoisotopic (exact) mass is 279 g/mol. The minimum absolute atomic E-state index is 0.155. The number of carbonyl (C=O) groups excluding carboxylic acids is 1. The Morgan fingerprint density at radius 1 is 1.00 bits per heavy atom. The molecule has 0 amide bonds. The van der Waals surface area contributed by atoms with Gasteiger partial charge in [-0.05, 0) is 69.9 Å². The molecule has 0 bridgehead atoms. The summed E-state index contributed by atoms with van der Waals surface area (Å²) >= 11 is 0. The van der Waals surface area contributed by atoms with Crippen molar-refractivity contribution in [1.82, 2.24) is 4.90 Å². The van der Waals surface area contributed by atoms with Gasteiger partial charge >= 0.3 is 0 Å². The molecule has 2 nitrogen and oxygen atoms in total. The molecule has 0 aromatic carbocycles. The van der Waals surface area contributed by atoms with Gasteiger partial charge in [-0.15, -0.1) is 0 Å². The molecule has 0 spiro atoms. The first kappa shape index (κ1) is 16.0. The summed E-state index contributed by atoms with van der Waals surface area (Å²) in [7, 11) is 0. The molecule has 116 valence electrons. The first-order valence-corrected chi connectivity index (χ1v) is 8.82. The molecule has 2 heteroatoms. The van der Waals surface area contributed by atoms with Crippen LogP contribution in [0.25, 0.3) is 0 Å². The van der Waals surface area contributed by atoms with Gasteiger partial charge in [0.1, 0.15) is 0 Å². The standard InChI is InChI=1S/C18H33NO/c1-5-18(6-2,19-9-7-8-10-19)17(20)16-12-14(3)11-15(4)13-16/h14-16H,5-13H2,1-4H3. The number of rotatable bonds is 5. The highest BCUT2D eigenvalue weighted by atomic mass is 16.1. The van der Waals surface area contributed by atoms with E-state index in [1.807, 2.05) is 0 Å². The minimum atomic E-state index is -0.155. The summed E-state index contributed by atoms with van der Waals surface area (Å²) in [6.07, 6.45) is 8.07. The fourth-order valence-electron chi connectivity index (χ4n) is 4.89. The summed E-state index contributed by atoms with van der Waals surface area (Å²) in [5.74, 6) is 2.33. The molecule has 0 radical (unpaired) electrons. The van der Waals surface area contributed by atoms with E-state index in [1.165, 1.54) is 19.3 Å². The Morgan fingerprint density at radius 3 is 1.95 bits per heavy atom. The average molecular weight is 279 g/mol. The van der Waals surface area contributed by atoms with Gasteiger partial charge in [-0.3, -0.25) is 9.69 Å². The van der Waals surface area contributed by atoms with Crippen LogP contribution in [0.3, 0.4) is 0 Å². The number of carbonyl (C=O) groups is 1. The Morgan fingerprint density at radius 2 is 1.50 bits per heavy atom. The molecule has 2 fully saturated rings. The van der Waals surface area contributed by atoms with Crippen LogP contribution in [0.4, 0.5) is 0 Å². The second-order valence-electron chi connectivity index (χ2n) is 7.41. The van der Waals surface area contributed by atoms with E-state index in [-0.39, 0.29) is 5.54 Å². The van der Waals surface area contributed by atoms with E-state index in [0.717, 1.165) is 50.6 Å².